The Morgan fingerprint density at radius 1 is 1.18 bits per heavy atom. The van der Waals surface area contributed by atoms with Crippen molar-refractivity contribution >= 4 is 0 Å². The number of fused-ring (bicyclic) bond motifs is 1. The van der Waals surface area contributed by atoms with Gasteiger partial charge in [0.1, 0.15) is 0 Å². The fraction of sp³-hybridized carbons (Fsp3) is 0.625. The van der Waals surface area contributed by atoms with Gasteiger partial charge >= 0.3 is 6.29 Å². The van der Waals surface area contributed by atoms with E-state index in [-0.39, 0.29) is 17.5 Å². The van der Waals surface area contributed by atoms with E-state index in [2.05, 4.69) is 15.0 Å². The van der Waals surface area contributed by atoms with Crippen LogP contribution in [0.2, 0.25) is 0 Å². The van der Waals surface area contributed by atoms with Gasteiger partial charge in [0.15, 0.2) is 11.5 Å². The lowest BCUT2D eigenvalue weighted by atomic mass is 9.76. The van der Waals surface area contributed by atoms with Crippen molar-refractivity contribution in [1.82, 2.24) is 10.2 Å². The molecule has 0 radical (unpaired) electrons. The summed E-state index contributed by atoms with van der Waals surface area (Å²) in [7, 11) is 0. The Kier molecular flexibility index (Phi) is 3.46. The first-order valence-corrected chi connectivity index (χ1v) is 7.97. The van der Waals surface area contributed by atoms with E-state index in [0.717, 1.165) is 44.6 Å². The number of nitrogens with zero attached hydrogens (tertiary/aromatic N) is 1. The highest BCUT2D eigenvalue weighted by atomic mass is 19.3. The van der Waals surface area contributed by atoms with Crippen LogP contribution in [0.3, 0.4) is 0 Å². The second-order valence-corrected chi connectivity index (χ2v) is 6.26. The van der Waals surface area contributed by atoms with Gasteiger partial charge in [0, 0.05) is 37.8 Å². The molecule has 1 aromatic rings. The number of nitrogens with one attached hydrogen (secondary N) is 1. The molecule has 1 N–H and O–H groups in total. The first-order chi connectivity index (χ1) is 10.6. The summed E-state index contributed by atoms with van der Waals surface area (Å²) < 4.78 is 36.3. The smallest absolute Gasteiger partial charge is 0.395 e. The molecule has 1 aliphatic carbocycles. The Morgan fingerprint density at radius 3 is 2.64 bits per heavy atom. The zero-order chi connectivity index (χ0) is 15.2. The quantitative estimate of drug-likeness (QED) is 0.931. The molecule has 0 spiro atoms. The topological polar surface area (TPSA) is 33.7 Å². The van der Waals surface area contributed by atoms with Crippen molar-refractivity contribution < 1.29 is 18.3 Å². The molecule has 4 nitrogen and oxygen atoms in total. The van der Waals surface area contributed by atoms with Crippen LogP contribution in [0.25, 0.3) is 0 Å². The fourth-order valence-corrected chi connectivity index (χ4v) is 3.69. The van der Waals surface area contributed by atoms with Gasteiger partial charge in [-0.25, -0.2) is 0 Å². The van der Waals surface area contributed by atoms with E-state index in [1.807, 2.05) is 6.07 Å². The first kappa shape index (κ1) is 14.2. The van der Waals surface area contributed by atoms with E-state index in [0.29, 0.717) is 5.92 Å². The fourth-order valence-electron chi connectivity index (χ4n) is 3.69. The number of piperazine rings is 1. The first-order valence-electron chi connectivity index (χ1n) is 7.97. The van der Waals surface area contributed by atoms with Crippen LogP contribution in [0.5, 0.6) is 11.5 Å². The van der Waals surface area contributed by atoms with Crippen LogP contribution in [0, 0.1) is 5.92 Å². The maximum Gasteiger partial charge on any atom is 0.586 e. The van der Waals surface area contributed by atoms with Gasteiger partial charge < -0.3 is 14.8 Å². The molecule has 120 valence electrons. The molecule has 1 aromatic carbocycles. The number of hydrogen-bond donors (Lipinski definition) is 1. The van der Waals surface area contributed by atoms with Gasteiger partial charge in [0.05, 0.1) is 0 Å². The highest BCUT2D eigenvalue weighted by Gasteiger charge is 2.46. The Hall–Kier alpha value is -1.40. The molecular weight excluding hydrogens is 290 g/mol. The molecule has 22 heavy (non-hydrogen) atoms. The zero-order valence-corrected chi connectivity index (χ0v) is 12.4. The van der Waals surface area contributed by atoms with Gasteiger partial charge in [0.25, 0.3) is 0 Å². The predicted octanol–water partition coefficient (Wildman–Crippen LogP) is 2.75. The molecular formula is C16H20F2N2O2. The molecule has 4 rings (SSSR count). The molecule has 2 fully saturated rings. The molecule has 2 heterocycles. The van der Waals surface area contributed by atoms with E-state index >= 15 is 0 Å². The highest BCUT2D eigenvalue weighted by Crippen LogP contribution is 2.50. The number of hydrogen-bond acceptors (Lipinski definition) is 4. The van der Waals surface area contributed by atoms with Crippen molar-refractivity contribution in [2.75, 3.05) is 26.2 Å². The number of benzene rings is 1. The number of alkyl halides is 2. The number of ether oxygens (including phenoxy) is 2. The molecule has 0 unspecified atom stereocenters. The minimum absolute atomic E-state index is 0.142. The van der Waals surface area contributed by atoms with Crippen molar-refractivity contribution in [2.45, 2.75) is 31.6 Å². The molecule has 0 bridgehead atoms. The van der Waals surface area contributed by atoms with Gasteiger partial charge in [-0.3, -0.25) is 4.90 Å². The summed E-state index contributed by atoms with van der Waals surface area (Å²) in [6, 6.07) is 5.39. The van der Waals surface area contributed by atoms with E-state index in [1.54, 1.807) is 12.1 Å². The van der Waals surface area contributed by atoms with Crippen LogP contribution in [0.1, 0.15) is 30.9 Å². The summed E-state index contributed by atoms with van der Waals surface area (Å²) in [5.41, 5.74) is 0.848. The zero-order valence-electron chi connectivity index (χ0n) is 12.4. The number of halogens is 2. The van der Waals surface area contributed by atoms with E-state index in [1.165, 1.54) is 6.42 Å². The minimum Gasteiger partial charge on any atom is -0.395 e. The van der Waals surface area contributed by atoms with Crippen molar-refractivity contribution in [3.8, 4) is 11.5 Å². The molecule has 1 saturated heterocycles. The summed E-state index contributed by atoms with van der Waals surface area (Å²) in [5.74, 6) is 0.896. The highest BCUT2D eigenvalue weighted by molar-refractivity contribution is 5.50. The maximum atomic E-state index is 13.5. The minimum atomic E-state index is -3.55. The average molecular weight is 310 g/mol. The van der Waals surface area contributed by atoms with Crippen LogP contribution in [-0.4, -0.2) is 37.4 Å². The van der Waals surface area contributed by atoms with Gasteiger partial charge in [-0.05, 0) is 24.8 Å². The average Bonchev–Trinajstić information content (AvgIpc) is 2.77. The van der Waals surface area contributed by atoms with Gasteiger partial charge in [-0.1, -0.05) is 18.6 Å². The van der Waals surface area contributed by atoms with Crippen molar-refractivity contribution in [3.63, 3.8) is 0 Å². The van der Waals surface area contributed by atoms with Crippen molar-refractivity contribution in [2.24, 2.45) is 5.92 Å². The predicted molar refractivity (Wildman–Crippen MR) is 77.2 cm³/mol. The summed E-state index contributed by atoms with van der Waals surface area (Å²) in [5, 5.41) is 3.34. The van der Waals surface area contributed by atoms with Crippen molar-refractivity contribution in [3.05, 3.63) is 23.8 Å². The van der Waals surface area contributed by atoms with Gasteiger partial charge in [0.2, 0.25) is 0 Å². The number of rotatable bonds is 3. The molecule has 1 saturated carbocycles. The molecule has 2 aliphatic heterocycles. The molecule has 0 aromatic heterocycles. The maximum absolute atomic E-state index is 13.5. The Bertz CT molecular complexity index is 557. The van der Waals surface area contributed by atoms with Crippen LogP contribution in [0.15, 0.2) is 18.2 Å². The third-order valence-corrected chi connectivity index (χ3v) is 4.92. The second-order valence-electron chi connectivity index (χ2n) is 6.26. The van der Waals surface area contributed by atoms with Gasteiger partial charge in [-0.2, -0.15) is 0 Å². The van der Waals surface area contributed by atoms with E-state index in [9.17, 15) is 8.78 Å². The summed E-state index contributed by atoms with van der Waals surface area (Å²) in [6.07, 6.45) is -0.0348. The van der Waals surface area contributed by atoms with Crippen LogP contribution < -0.4 is 14.8 Å². The number of para-hydroxylation sites is 1. The Morgan fingerprint density at radius 2 is 1.95 bits per heavy atom. The Labute approximate surface area is 128 Å². The molecule has 6 heteroatoms. The van der Waals surface area contributed by atoms with Crippen LogP contribution in [-0.2, 0) is 0 Å². The molecule has 3 aliphatic rings. The van der Waals surface area contributed by atoms with Crippen molar-refractivity contribution in [1.29, 1.82) is 0 Å². The summed E-state index contributed by atoms with van der Waals surface area (Å²) >= 11 is 0. The van der Waals surface area contributed by atoms with Crippen LogP contribution >= 0.6 is 0 Å². The van der Waals surface area contributed by atoms with Gasteiger partial charge in [-0.15, -0.1) is 8.78 Å². The van der Waals surface area contributed by atoms with E-state index in [4.69, 9.17) is 4.74 Å². The summed E-state index contributed by atoms with van der Waals surface area (Å²) in [4.78, 5) is 2.40. The monoisotopic (exact) mass is 310 g/mol. The molecule has 0 amide bonds. The Balaban J connectivity index is 1.70. The normalized spacial score (nSPS) is 25.7. The second kappa shape index (κ2) is 5.35. The van der Waals surface area contributed by atoms with Crippen LogP contribution in [0.4, 0.5) is 8.78 Å². The largest absolute Gasteiger partial charge is 0.586 e. The summed E-state index contributed by atoms with van der Waals surface area (Å²) in [6.45, 7) is 3.74. The lowest BCUT2D eigenvalue weighted by Crippen LogP contribution is -2.47. The standard InChI is InChI=1S/C16H20F2N2O2/c17-16(18)21-13-6-2-5-12(15(13)22-16)14(11-3-1-4-11)20-9-7-19-8-10-20/h2,5-6,11,14,19H,1,3-4,7-10H2/t14-/m0/s1. The van der Waals surface area contributed by atoms with E-state index < -0.39 is 6.29 Å². The third kappa shape index (κ3) is 2.44. The SMILES string of the molecule is FC1(F)Oc2cccc([C@H](C3CCC3)N3CCNCC3)c2O1. The molecule has 1 atom stereocenters. The third-order valence-electron chi connectivity index (χ3n) is 4.92. The lowest BCUT2D eigenvalue weighted by Gasteiger charge is -2.43. The lowest BCUT2D eigenvalue weighted by molar-refractivity contribution is -0.287.